The summed E-state index contributed by atoms with van der Waals surface area (Å²) in [5.74, 6) is -0.263. The number of benzene rings is 1. The third kappa shape index (κ3) is 4.01. The Labute approximate surface area is 164 Å². The molecule has 8 heteroatoms. The van der Waals surface area contributed by atoms with E-state index in [0.29, 0.717) is 20.8 Å². The van der Waals surface area contributed by atoms with Crippen LogP contribution in [0, 0.1) is 13.8 Å². The Morgan fingerprint density at radius 1 is 1.08 bits per heavy atom. The molecule has 2 aromatic heterocycles. The molecule has 0 atom stereocenters. The van der Waals surface area contributed by atoms with Crippen LogP contribution in [0.5, 0.6) is 0 Å². The third-order valence-corrected chi connectivity index (χ3v) is 5.37. The Hall–Kier alpha value is -1.53. The predicted molar refractivity (Wildman–Crippen MR) is 101 cm³/mol. The summed E-state index contributed by atoms with van der Waals surface area (Å²) in [6.07, 6.45) is 1.44. The van der Waals surface area contributed by atoms with Crippen molar-refractivity contribution in [3.63, 3.8) is 0 Å². The van der Waals surface area contributed by atoms with Gasteiger partial charge in [0.15, 0.2) is 0 Å². The van der Waals surface area contributed by atoms with E-state index in [1.54, 1.807) is 18.2 Å². The number of aryl methyl sites for hydroxylation is 1. The summed E-state index contributed by atoms with van der Waals surface area (Å²) in [6, 6.07) is 8.51. The van der Waals surface area contributed by atoms with Gasteiger partial charge in [0.2, 0.25) is 0 Å². The number of carbonyl (C=O) groups is 1. The van der Waals surface area contributed by atoms with E-state index in [9.17, 15) is 4.79 Å². The highest BCUT2D eigenvalue weighted by molar-refractivity contribution is 7.99. The number of aromatic nitrogens is 3. The molecular formula is C17H12Cl3N3OS. The summed E-state index contributed by atoms with van der Waals surface area (Å²) >= 11 is 19.3. The summed E-state index contributed by atoms with van der Waals surface area (Å²) in [6.45, 7) is 3.70. The maximum absolute atomic E-state index is 12.7. The summed E-state index contributed by atoms with van der Waals surface area (Å²) in [5, 5.41) is 5.81. The summed E-state index contributed by atoms with van der Waals surface area (Å²) in [7, 11) is 0. The van der Waals surface area contributed by atoms with Crippen LogP contribution in [-0.2, 0) is 0 Å². The second-order valence-electron chi connectivity index (χ2n) is 5.29. The van der Waals surface area contributed by atoms with Crippen LogP contribution in [0.2, 0.25) is 15.2 Å². The monoisotopic (exact) mass is 411 g/mol. The van der Waals surface area contributed by atoms with Gasteiger partial charge in [-0.1, -0.05) is 46.6 Å². The van der Waals surface area contributed by atoms with Crippen LogP contribution in [0.1, 0.15) is 21.7 Å². The molecule has 0 unspecified atom stereocenters. The average Bonchev–Trinajstić information content (AvgIpc) is 2.82. The fourth-order valence-electron chi connectivity index (χ4n) is 2.30. The number of hydrogen-bond acceptors (Lipinski definition) is 4. The maximum atomic E-state index is 12.7. The lowest BCUT2D eigenvalue weighted by molar-refractivity contribution is 0.0941. The Morgan fingerprint density at radius 3 is 2.36 bits per heavy atom. The van der Waals surface area contributed by atoms with Crippen LogP contribution in [0.4, 0.5) is 0 Å². The number of pyridine rings is 1. The number of halogens is 3. The first-order valence-electron chi connectivity index (χ1n) is 7.21. The fourth-order valence-corrected chi connectivity index (χ4v) is 4.10. The van der Waals surface area contributed by atoms with Gasteiger partial charge in [-0.3, -0.25) is 4.79 Å². The van der Waals surface area contributed by atoms with Gasteiger partial charge in [-0.2, -0.15) is 9.78 Å². The molecule has 0 amide bonds. The van der Waals surface area contributed by atoms with Crippen molar-refractivity contribution in [3.8, 4) is 0 Å². The zero-order valence-electron chi connectivity index (χ0n) is 13.3. The minimum absolute atomic E-state index is 0.263. The zero-order chi connectivity index (χ0) is 18.1. The molecule has 0 saturated heterocycles. The topological polar surface area (TPSA) is 47.8 Å². The smallest absolute Gasteiger partial charge is 0.267 e. The van der Waals surface area contributed by atoms with Crippen molar-refractivity contribution in [2.75, 3.05) is 0 Å². The van der Waals surface area contributed by atoms with E-state index in [1.807, 2.05) is 26.0 Å². The molecule has 4 nitrogen and oxygen atoms in total. The molecule has 0 N–H and O–H groups in total. The minimum atomic E-state index is -0.263. The van der Waals surface area contributed by atoms with Crippen LogP contribution < -0.4 is 0 Å². The molecule has 3 aromatic rings. The molecular weight excluding hydrogens is 401 g/mol. The highest BCUT2D eigenvalue weighted by atomic mass is 35.5. The summed E-state index contributed by atoms with van der Waals surface area (Å²) in [5.41, 5.74) is 1.89. The Balaban J connectivity index is 1.95. The largest absolute Gasteiger partial charge is 0.279 e. The van der Waals surface area contributed by atoms with Gasteiger partial charge >= 0.3 is 0 Å². The van der Waals surface area contributed by atoms with Gasteiger partial charge in [-0.05, 0) is 44.2 Å². The molecule has 0 saturated carbocycles. The van der Waals surface area contributed by atoms with Crippen LogP contribution in [-0.4, -0.2) is 20.7 Å². The number of carbonyl (C=O) groups excluding carboxylic acids is 1. The lowest BCUT2D eigenvalue weighted by Crippen LogP contribution is -2.15. The van der Waals surface area contributed by atoms with Crippen molar-refractivity contribution in [3.05, 3.63) is 68.7 Å². The van der Waals surface area contributed by atoms with Crippen molar-refractivity contribution in [2.45, 2.75) is 23.6 Å². The van der Waals surface area contributed by atoms with Crippen LogP contribution >= 0.6 is 46.6 Å². The highest BCUT2D eigenvalue weighted by Crippen LogP contribution is 2.35. The van der Waals surface area contributed by atoms with Gasteiger partial charge in [-0.15, -0.1) is 0 Å². The molecule has 0 radical (unpaired) electrons. The SMILES string of the molecule is Cc1nn(C(=O)c2ccc(Cl)nc2)c(C)c1Sc1cc(Cl)cc(Cl)c1. The van der Waals surface area contributed by atoms with Gasteiger partial charge in [0.25, 0.3) is 5.91 Å². The molecule has 1 aromatic carbocycles. The highest BCUT2D eigenvalue weighted by Gasteiger charge is 2.19. The van der Waals surface area contributed by atoms with Gasteiger partial charge in [0, 0.05) is 21.1 Å². The molecule has 0 fully saturated rings. The van der Waals surface area contributed by atoms with Crippen LogP contribution in [0.25, 0.3) is 0 Å². The van der Waals surface area contributed by atoms with Crippen LogP contribution in [0.15, 0.2) is 46.3 Å². The standard InChI is InChI=1S/C17H12Cl3N3OS/c1-9-16(25-14-6-12(18)5-13(19)7-14)10(2)23(22-9)17(24)11-3-4-15(20)21-8-11/h3-8H,1-2H3. The summed E-state index contributed by atoms with van der Waals surface area (Å²) < 4.78 is 1.37. The lowest BCUT2D eigenvalue weighted by atomic mass is 10.2. The molecule has 0 aliphatic heterocycles. The molecule has 128 valence electrons. The second-order valence-corrected chi connectivity index (χ2v) is 7.64. The van der Waals surface area contributed by atoms with Crippen molar-refractivity contribution in [1.82, 2.24) is 14.8 Å². The first kappa shape index (κ1) is 18.3. The minimum Gasteiger partial charge on any atom is -0.267 e. The lowest BCUT2D eigenvalue weighted by Gasteiger charge is -2.05. The molecule has 0 bridgehead atoms. The first-order chi connectivity index (χ1) is 11.8. The predicted octanol–water partition coefficient (Wildman–Crippen LogP) is 5.69. The third-order valence-electron chi connectivity index (χ3n) is 3.45. The van der Waals surface area contributed by atoms with E-state index in [4.69, 9.17) is 34.8 Å². The number of nitrogens with zero attached hydrogens (tertiary/aromatic N) is 3. The van der Waals surface area contributed by atoms with Gasteiger partial charge in [0.1, 0.15) is 5.15 Å². The summed E-state index contributed by atoms with van der Waals surface area (Å²) in [4.78, 5) is 18.4. The van der Waals surface area contributed by atoms with Crippen molar-refractivity contribution < 1.29 is 4.79 Å². The molecule has 3 rings (SSSR count). The van der Waals surface area contributed by atoms with E-state index < -0.39 is 0 Å². The molecule has 2 heterocycles. The number of rotatable bonds is 3. The molecule has 0 aliphatic rings. The van der Waals surface area contributed by atoms with E-state index >= 15 is 0 Å². The Bertz CT molecular complexity index is 934. The molecule has 25 heavy (non-hydrogen) atoms. The number of hydrogen-bond donors (Lipinski definition) is 0. The van der Waals surface area contributed by atoms with Crippen molar-refractivity contribution in [1.29, 1.82) is 0 Å². The Kier molecular flexibility index (Phi) is 5.39. The normalized spacial score (nSPS) is 10.9. The quantitative estimate of drug-likeness (QED) is 0.518. The maximum Gasteiger partial charge on any atom is 0.279 e. The Morgan fingerprint density at radius 2 is 1.76 bits per heavy atom. The second kappa shape index (κ2) is 7.38. The van der Waals surface area contributed by atoms with Crippen molar-refractivity contribution >= 4 is 52.5 Å². The molecule has 0 aliphatic carbocycles. The van der Waals surface area contributed by atoms with E-state index in [0.717, 1.165) is 21.2 Å². The van der Waals surface area contributed by atoms with E-state index in [-0.39, 0.29) is 5.91 Å². The molecule has 0 spiro atoms. The fraction of sp³-hybridized carbons (Fsp3) is 0.118. The van der Waals surface area contributed by atoms with Gasteiger partial charge < -0.3 is 0 Å². The van der Waals surface area contributed by atoms with Gasteiger partial charge in [-0.25, -0.2) is 4.98 Å². The van der Waals surface area contributed by atoms with Gasteiger partial charge in [0.05, 0.1) is 21.8 Å². The zero-order valence-corrected chi connectivity index (χ0v) is 16.3. The average molecular weight is 413 g/mol. The van der Waals surface area contributed by atoms with Crippen LogP contribution in [0.3, 0.4) is 0 Å². The van der Waals surface area contributed by atoms with Crippen molar-refractivity contribution in [2.24, 2.45) is 0 Å². The van der Waals surface area contributed by atoms with E-state index in [2.05, 4.69) is 10.1 Å². The van der Waals surface area contributed by atoms with E-state index in [1.165, 1.54) is 22.6 Å². The first-order valence-corrected chi connectivity index (χ1v) is 9.16.